The Hall–Kier alpha value is -2.31. The van der Waals surface area contributed by atoms with Crippen LogP contribution in [0.15, 0.2) is 29.6 Å². The molecule has 0 aliphatic rings. The Balaban J connectivity index is 2.24. The fourth-order valence-electron chi connectivity index (χ4n) is 1.40. The zero-order valence-corrected chi connectivity index (χ0v) is 10.8. The van der Waals surface area contributed by atoms with Gasteiger partial charge in [-0.1, -0.05) is 0 Å². The SMILES string of the molecule is Cn1cnnc1CNS(=O)(=O)c1cccnc1C#N. The summed E-state index contributed by atoms with van der Waals surface area (Å²) < 4.78 is 28.1. The first kappa shape index (κ1) is 13.1. The molecule has 0 aromatic carbocycles. The van der Waals surface area contributed by atoms with Crippen LogP contribution in [-0.2, 0) is 23.6 Å². The van der Waals surface area contributed by atoms with Crippen molar-refractivity contribution in [2.24, 2.45) is 7.05 Å². The molecule has 2 rings (SSSR count). The first-order chi connectivity index (χ1) is 9.04. The number of nitrogens with zero attached hydrogens (tertiary/aromatic N) is 5. The second-order valence-corrected chi connectivity index (χ2v) is 5.38. The van der Waals surface area contributed by atoms with Crippen molar-refractivity contribution < 1.29 is 8.42 Å². The number of rotatable bonds is 4. The standard InChI is InChI=1S/C10H10N6O2S/c1-16-7-13-15-10(16)6-14-19(17,18)9-3-2-4-12-8(9)5-11/h2-4,7,14H,6H2,1H3. The highest BCUT2D eigenvalue weighted by atomic mass is 32.2. The van der Waals surface area contributed by atoms with Crippen LogP contribution in [0.3, 0.4) is 0 Å². The maximum absolute atomic E-state index is 12.1. The van der Waals surface area contributed by atoms with E-state index < -0.39 is 10.0 Å². The molecule has 98 valence electrons. The lowest BCUT2D eigenvalue weighted by Gasteiger charge is -2.06. The van der Waals surface area contributed by atoms with E-state index in [0.29, 0.717) is 5.82 Å². The largest absolute Gasteiger partial charge is 0.320 e. The summed E-state index contributed by atoms with van der Waals surface area (Å²) in [7, 11) is -2.11. The van der Waals surface area contributed by atoms with Gasteiger partial charge in [-0.2, -0.15) is 5.26 Å². The van der Waals surface area contributed by atoms with Crippen LogP contribution in [0.1, 0.15) is 11.5 Å². The fourth-order valence-corrected chi connectivity index (χ4v) is 2.48. The van der Waals surface area contributed by atoms with Crippen LogP contribution in [0.4, 0.5) is 0 Å². The summed E-state index contributed by atoms with van der Waals surface area (Å²) in [5.74, 6) is 0.464. The van der Waals surface area contributed by atoms with Gasteiger partial charge in [-0.15, -0.1) is 10.2 Å². The predicted molar refractivity (Wildman–Crippen MR) is 64.0 cm³/mol. The van der Waals surface area contributed by atoms with Gasteiger partial charge in [0.1, 0.15) is 23.1 Å². The van der Waals surface area contributed by atoms with Gasteiger partial charge in [0, 0.05) is 13.2 Å². The normalized spacial score (nSPS) is 11.2. The van der Waals surface area contributed by atoms with Crippen molar-refractivity contribution in [2.45, 2.75) is 11.4 Å². The van der Waals surface area contributed by atoms with E-state index in [1.807, 2.05) is 0 Å². The third-order valence-corrected chi connectivity index (χ3v) is 3.82. The first-order valence-corrected chi connectivity index (χ1v) is 6.70. The van der Waals surface area contributed by atoms with E-state index >= 15 is 0 Å². The van der Waals surface area contributed by atoms with Crippen LogP contribution >= 0.6 is 0 Å². The van der Waals surface area contributed by atoms with Crippen molar-refractivity contribution in [3.05, 3.63) is 36.2 Å². The number of hydrogen-bond donors (Lipinski definition) is 1. The maximum atomic E-state index is 12.1. The molecule has 8 nitrogen and oxygen atoms in total. The highest BCUT2D eigenvalue weighted by Crippen LogP contribution is 2.11. The number of nitriles is 1. The van der Waals surface area contributed by atoms with Crippen LogP contribution in [0.2, 0.25) is 0 Å². The topological polar surface area (TPSA) is 114 Å². The molecule has 0 aliphatic heterocycles. The molecule has 0 aliphatic carbocycles. The zero-order chi connectivity index (χ0) is 13.9. The van der Waals surface area contributed by atoms with E-state index in [-0.39, 0.29) is 17.1 Å². The quantitative estimate of drug-likeness (QED) is 0.811. The average Bonchev–Trinajstić information content (AvgIpc) is 2.82. The van der Waals surface area contributed by atoms with E-state index in [0.717, 1.165) is 0 Å². The Bertz CT molecular complexity index is 730. The van der Waals surface area contributed by atoms with Crippen LogP contribution in [0, 0.1) is 11.3 Å². The third-order valence-electron chi connectivity index (χ3n) is 2.39. The second-order valence-electron chi connectivity index (χ2n) is 3.64. The molecule has 2 heterocycles. The summed E-state index contributed by atoms with van der Waals surface area (Å²) in [5.41, 5.74) is -0.145. The minimum absolute atomic E-state index is 0.0153. The highest BCUT2D eigenvalue weighted by Gasteiger charge is 2.19. The van der Waals surface area contributed by atoms with Crippen molar-refractivity contribution in [2.75, 3.05) is 0 Å². The summed E-state index contributed by atoms with van der Waals surface area (Å²) in [6.45, 7) is -0.0153. The van der Waals surface area contributed by atoms with Crippen LogP contribution in [0.5, 0.6) is 0 Å². The van der Waals surface area contributed by atoms with E-state index in [2.05, 4.69) is 19.9 Å². The van der Waals surface area contributed by atoms with Gasteiger partial charge in [0.2, 0.25) is 10.0 Å². The minimum Gasteiger partial charge on any atom is -0.320 e. The molecule has 19 heavy (non-hydrogen) atoms. The molecule has 0 spiro atoms. The highest BCUT2D eigenvalue weighted by molar-refractivity contribution is 7.89. The van der Waals surface area contributed by atoms with Crippen molar-refractivity contribution in [3.8, 4) is 6.07 Å². The van der Waals surface area contributed by atoms with Crippen molar-refractivity contribution in [1.29, 1.82) is 5.26 Å². The summed E-state index contributed by atoms with van der Waals surface area (Å²) in [4.78, 5) is 3.56. The minimum atomic E-state index is -3.81. The second kappa shape index (κ2) is 5.13. The maximum Gasteiger partial charge on any atom is 0.243 e. The van der Waals surface area contributed by atoms with E-state index in [9.17, 15) is 8.42 Å². The molecule has 9 heteroatoms. The van der Waals surface area contributed by atoms with Gasteiger partial charge in [-0.3, -0.25) is 0 Å². The van der Waals surface area contributed by atoms with E-state index in [1.165, 1.54) is 24.7 Å². The van der Waals surface area contributed by atoms with Gasteiger partial charge < -0.3 is 4.57 Å². The molecule has 2 aromatic rings. The number of pyridine rings is 1. The number of aryl methyl sites for hydroxylation is 1. The summed E-state index contributed by atoms with van der Waals surface area (Å²) in [5, 5.41) is 16.2. The molecular weight excluding hydrogens is 268 g/mol. The van der Waals surface area contributed by atoms with Gasteiger partial charge in [0.15, 0.2) is 5.69 Å². The number of aromatic nitrogens is 4. The lowest BCUT2D eigenvalue weighted by molar-refractivity contribution is 0.576. The van der Waals surface area contributed by atoms with Crippen LogP contribution in [-0.4, -0.2) is 28.2 Å². The monoisotopic (exact) mass is 278 g/mol. The Morgan fingerprint density at radius 2 is 2.32 bits per heavy atom. The predicted octanol–water partition coefficient (Wildman–Crippen LogP) is -0.440. The Labute approximate surface area is 109 Å². The molecule has 2 aromatic heterocycles. The van der Waals surface area contributed by atoms with Crippen molar-refractivity contribution in [1.82, 2.24) is 24.5 Å². The summed E-state index contributed by atoms with van der Waals surface area (Å²) in [6, 6.07) is 4.52. The Kier molecular flexibility index (Phi) is 3.55. The molecule has 0 unspecified atom stereocenters. The van der Waals surface area contributed by atoms with Crippen LogP contribution < -0.4 is 4.72 Å². The van der Waals surface area contributed by atoms with Crippen molar-refractivity contribution >= 4 is 10.0 Å². The summed E-state index contributed by atoms with van der Waals surface area (Å²) in [6.07, 6.45) is 2.83. The Morgan fingerprint density at radius 3 is 2.95 bits per heavy atom. The molecular formula is C10H10N6O2S. The average molecular weight is 278 g/mol. The molecule has 0 radical (unpaired) electrons. The zero-order valence-electron chi connectivity index (χ0n) is 9.98. The third kappa shape index (κ3) is 2.75. The van der Waals surface area contributed by atoms with Crippen LogP contribution in [0.25, 0.3) is 0 Å². The molecule has 0 bridgehead atoms. The molecule has 0 fully saturated rings. The van der Waals surface area contributed by atoms with E-state index in [1.54, 1.807) is 17.7 Å². The molecule has 1 N–H and O–H groups in total. The molecule has 0 saturated heterocycles. The van der Waals surface area contributed by atoms with Gasteiger partial charge in [-0.25, -0.2) is 18.1 Å². The number of sulfonamides is 1. The van der Waals surface area contributed by atoms with E-state index in [4.69, 9.17) is 5.26 Å². The lowest BCUT2D eigenvalue weighted by atomic mass is 10.4. The molecule has 0 saturated carbocycles. The molecule has 0 atom stereocenters. The fraction of sp³-hybridized carbons (Fsp3) is 0.200. The van der Waals surface area contributed by atoms with Gasteiger partial charge >= 0.3 is 0 Å². The smallest absolute Gasteiger partial charge is 0.243 e. The number of nitrogens with one attached hydrogen (secondary N) is 1. The number of hydrogen-bond acceptors (Lipinski definition) is 6. The Morgan fingerprint density at radius 1 is 1.53 bits per heavy atom. The summed E-state index contributed by atoms with van der Waals surface area (Å²) >= 11 is 0. The lowest BCUT2D eigenvalue weighted by Crippen LogP contribution is -2.25. The van der Waals surface area contributed by atoms with Crippen molar-refractivity contribution in [3.63, 3.8) is 0 Å². The van der Waals surface area contributed by atoms with Gasteiger partial charge in [-0.05, 0) is 12.1 Å². The van der Waals surface area contributed by atoms with Gasteiger partial charge in [0.25, 0.3) is 0 Å². The first-order valence-electron chi connectivity index (χ1n) is 5.22. The van der Waals surface area contributed by atoms with Gasteiger partial charge in [0.05, 0.1) is 6.54 Å². The molecule has 0 amide bonds.